The van der Waals surface area contributed by atoms with E-state index in [4.69, 9.17) is 11.6 Å². The van der Waals surface area contributed by atoms with E-state index in [1.807, 2.05) is 0 Å². The third-order valence-corrected chi connectivity index (χ3v) is 3.69. The van der Waals surface area contributed by atoms with Crippen LogP contribution in [0.4, 0.5) is 13.2 Å². The lowest BCUT2D eigenvalue weighted by Gasteiger charge is -2.15. The molecule has 1 amide bonds. The average molecular weight is 350 g/mol. The second kappa shape index (κ2) is 5.88. The zero-order valence-corrected chi connectivity index (χ0v) is 13.7. The molecule has 0 unspecified atom stereocenters. The third kappa shape index (κ3) is 3.34. The van der Waals surface area contributed by atoms with E-state index in [0.29, 0.717) is 4.68 Å². The maximum atomic E-state index is 12.9. The molecule has 0 aromatic carbocycles. The largest absolute Gasteiger partial charge is 0.434 e. The predicted octanol–water partition coefficient (Wildman–Crippen LogP) is 2.41. The van der Waals surface area contributed by atoms with Crippen LogP contribution in [0.3, 0.4) is 0 Å². The van der Waals surface area contributed by atoms with Crippen molar-refractivity contribution in [1.82, 2.24) is 24.5 Å². The van der Waals surface area contributed by atoms with Gasteiger partial charge in [0, 0.05) is 39.4 Å². The summed E-state index contributed by atoms with van der Waals surface area (Å²) >= 11 is 5.72. The first-order valence-corrected chi connectivity index (χ1v) is 6.94. The van der Waals surface area contributed by atoms with Gasteiger partial charge in [-0.1, -0.05) is 11.6 Å². The number of alkyl halides is 3. The molecule has 0 aliphatic heterocycles. The maximum absolute atomic E-state index is 12.9. The lowest BCUT2D eigenvalue weighted by molar-refractivity contribution is -0.143. The van der Waals surface area contributed by atoms with Gasteiger partial charge in [-0.2, -0.15) is 23.4 Å². The van der Waals surface area contributed by atoms with Crippen molar-refractivity contribution in [2.24, 2.45) is 14.1 Å². The summed E-state index contributed by atoms with van der Waals surface area (Å²) in [6.07, 6.45) is -2.95. The highest BCUT2D eigenvalue weighted by Gasteiger charge is 2.40. The van der Waals surface area contributed by atoms with Crippen LogP contribution in [0.2, 0.25) is 5.02 Å². The van der Waals surface area contributed by atoms with Crippen LogP contribution in [0.25, 0.3) is 0 Å². The molecule has 0 N–H and O–H groups in total. The molecule has 10 heteroatoms. The topological polar surface area (TPSA) is 56.0 Å². The van der Waals surface area contributed by atoms with Gasteiger partial charge < -0.3 is 4.90 Å². The van der Waals surface area contributed by atoms with E-state index in [1.165, 1.54) is 11.9 Å². The Labute approximate surface area is 135 Å². The minimum atomic E-state index is -4.68. The molecule has 0 bridgehead atoms. The average Bonchev–Trinajstić information content (AvgIpc) is 2.87. The molecular weight excluding hydrogens is 335 g/mol. The fourth-order valence-corrected chi connectivity index (χ4v) is 2.60. The van der Waals surface area contributed by atoms with E-state index in [1.54, 1.807) is 24.9 Å². The van der Waals surface area contributed by atoms with Crippen LogP contribution in [-0.2, 0) is 26.8 Å². The Balaban J connectivity index is 2.29. The quantitative estimate of drug-likeness (QED) is 0.855. The first-order valence-electron chi connectivity index (χ1n) is 6.56. The lowest BCUT2D eigenvalue weighted by Crippen LogP contribution is -2.27. The summed E-state index contributed by atoms with van der Waals surface area (Å²) in [6, 6.07) is 0. The lowest BCUT2D eigenvalue weighted by atomic mass is 10.2. The SMILES string of the molecule is Cc1nn(C)cc1CN(C)C(=O)c1nn(C)c(C(F)(F)F)c1Cl. The minimum Gasteiger partial charge on any atom is -0.336 e. The van der Waals surface area contributed by atoms with Gasteiger partial charge in [0.25, 0.3) is 5.91 Å². The molecule has 0 aliphatic rings. The first-order chi connectivity index (χ1) is 10.5. The van der Waals surface area contributed by atoms with Crippen LogP contribution < -0.4 is 0 Å². The zero-order chi connectivity index (χ0) is 17.5. The van der Waals surface area contributed by atoms with Gasteiger partial charge in [-0.05, 0) is 6.92 Å². The van der Waals surface area contributed by atoms with Gasteiger partial charge in [0.2, 0.25) is 0 Å². The van der Waals surface area contributed by atoms with E-state index < -0.39 is 28.5 Å². The van der Waals surface area contributed by atoms with Crippen molar-refractivity contribution < 1.29 is 18.0 Å². The van der Waals surface area contributed by atoms with E-state index >= 15 is 0 Å². The van der Waals surface area contributed by atoms with Gasteiger partial charge in [-0.25, -0.2) is 0 Å². The van der Waals surface area contributed by atoms with Crippen LogP contribution in [0, 0.1) is 6.92 Å². The van der Waals surface area contributed by atoms with Crippen LogP contribution in [0.15, 0.2) is 6.20 Å². The van der Waals surface area contributed by atoms with Crippen LogP contribution in [0.1, 0.15) is 27.4 Å². The van der Waals surface area contributed by atoms with Gasteiger partial charge >= 0.3 is 6.18 Å². The number of rotatable bonds is 3. The zero-order valence-electron chi connectivity index (χ0n) is 12.9. The maximum Gasteiger partial charge on any atom is 0.434 e. The Morgan fingerprint density at radius 2 is 1.96 bits per heavy atom. The van der Waals surface area contributed by atoms with Gasteiger partial charge in [0.05, 0.1) is 5.69 Å². The third-order valence-electron chi connectivity index (χ3n) is 3.33. The Morgan fingerprint density at radius 1 is 1.35 bits per heavy atom. The molecule has 126 valence electrons. The minimum absolute atomic E-state index is 0.187. The van der Waals surface area contributed by atoms with Crippen molar-refractivity contribution in [2.75, 3.05) is 7.05 Å². The molecule has 0 spiro atoms. The highest BCUT2D eigenvalue weighted by molar-refractivity contribution is 6.34. The number of aryl methyl sites for hydroxylation is 3. The summed E-state index contributed by atoms with van der Waals surface area (Å²) in [5, 5.41) is 7.07. The summed E-state index contributed by atoms with van der Waals surface area (Å²) in [7, 11) is 4.30. The number of aromatic nitrogens is 4. The number of halogens is 4. The number of amides is 1. The molecule has 2 aromatic heterocycles. The second-order valence-corrected chi connectivity index (χ2v) is 5.59. The number of nitrogens with zero attached hydrogens (tertiary/aromatic N) is 5. The van der Waals surface area contributed by atoms with Crippen LogP contribution in [-0.4, -0.2) is 37.4 Å². The highest BCUT2D eigenvalue weighted by atomic mass is 35.5. The summed E-state index contributed by atoms with van der Waals surface area (Å²) in [5.41, 5.74) is -0.0549. The molecule has 0 aliphatic carbocycles. The van der Waals surface area contributed by atoms with Crippen molar-refractivity contribution in [2.45, 2.75) is 19.6 Å². The van der Waals surface area contributed by atoms with E-state index in [-0.39, 0.29) is 6.54 Å². The Hall–Kier alpha value is -2.03. The van der Waals surface area contributed by atoms with Crippen molar-refractivity contribution in [1.29, 1.82) is 0 Å². The fourth-order valence-electron chi connectivity index (χ4n) is 2.25. The molecule has 2 aromatic rings. The van der Waals surface area contributed by atoms with Crippen molar-refractivity contribution >= 4 is 17.5 Å². The monoisotopic (exact) mass is 349 g/mol. The van der Waals surface area contributed by atoms with E-state index in [0.717, 1.165) is 18.3 Å². The van der Waals surface area contributed by atoms with E-state index in [2.05, 4.69) is 10.2 Å². The fraction of sp³-hybridized carbons (Fsp3) is 0.462. The Kier molecular flexibility index (Phi) is 4.43. The predicted molar refractivity (Wildman–Crippen MR) is 77.0 cm³/mol. The molecule has 0 saturated heterocycles. The molecule has 0 atom stereocenters. The number of carbonyl (C=O) groups excluding carboxylic acids is 1. The summed E-state index contributed by atoms with van der Waals surface area (Å²) in [5.74, 6) is -0.690. The smallest absolute Gasteiger partial charge is 0.336 e. The van der Waals surface area contributed by atoms with Gasteiger partial charge in [-0.15, -0.1) is 0 Å². The van der Waals surface area contributed by atoms with Crippen LogP contribution in [0.5, 0.6) is 0 Å². The Bertz CT molecular complexity index is 750. The molecule has 6 nitrogen and oxygen atoms in total. The number of carbonyl (C=O) groups is 1. The summed E-state index contributed by atoms with van der Waals surface area (Å²) in [6.45, 7) is 1.97. The summed E-state index contributed by atoms with van der Waals surface area (Å²) in [4.78, 5) is 13.6. The van der Waals surface area contributed by atoms with Crippen molar-refractivity contribution in [3.8, 4) is 0 Å². The molecule has 0 radical (unpaired) electrons. The van der Waals surface area contributed by atoms with Crippen molar-refractivity contribution in [3.63, 3.8) is 0 Å². The molecule has 0 saturated carbocycles. The molecular formula is C13H15ClF3N5O. The number of hydrogen-bond donors (Lipinski definition) is 0. The molecule has 0 fully saturated rings. The second-order valence-electron chi connectivity index (χ2n) is 5.21. The van der Waals surface area contributed by atoms with Gasteiger partial charge in [0.1, 0.15) is 5.02 Å². The molecule has 2 heterocycles. The van der Waals surface area contributed by atoms with Gasteiger partial charge in [-0.3, -0.25) is 14.2 Å². The Morgan fingerprint density at radius 3 is 2.39 bits per heavy atom. The summed E-state index contributed by atoms with van der Waals surface area (Å²) < 4.78 is 40.9. The first kappa shape index (κ1) is 17.3. The number of hydrogen-bond acceptors (Lipinski definition) is 3. The standard InChI is InChI=1S/C13H15ClF3N5O/c1-7-8(6-21(3)18-7)5-20(2)12(23)10-9(14)11(13(15,16)17)22(4)19-10/h6H,5H2,1-4H3. The highest BCUT2D eigenvalue weighted by Crippen LogP contribution is 2.36. The van der Waals surface area contributed by atoms with Gasteiger partial charge in [0.15, 0.2) is 11.4 Å². The van der Waals surface area contributed by atoms with Crippen molar-refractivity contribution in [3.05, 3.63) is 33.9 Å². The molecule has 23 heavy (non-hydrogen) atoms. The van der Waals surface area contributed by atoms with Crippen LogP contribution >= 0.6 is 11.6 Å². The van der Waals surface area contributed by atoms with E-state index in [9.17, 15) is 18.0 Å². The molecule has 2 rings (SSSR count). The normalized spacial score (nSPS) is 11.8.